The minimum atomic E-state index is -0.866. The number of rotatable bonds is 10. The third-order valence-corrected chi connectivity index (χ3v) is 10.3. The highest BCUT2D eigenvalue weighted by Crippen LogP contribution is 2.36. The third-order valence-electron chi connectivity index (χ3n) is 8.37. The summed E-state index contributed by atoms with van der Waals surface area (Å²) in [5.41, 5.74) is 12.0. The molecule has 0 fully saturated rings. The molecule has 0 bridgehead atoms. The van der Waals surface area contributed by atoms with Crippen molar-refractivity contribution in [1.29, 1.82) is 10.5 Å². The second kappa shape index (κ2) is 17.3. The van der Waals surface area contributed by atoms with Crippen LogP contribution in [0.5, 0.6) is 0 Å². The summed E-state index contributed by atoms with van der Waals surface area (Å²) in [7, 11) is 0. The summed E-state index contributed by atoms with van der Waals surface area (Å²) < 4.78 is 2.29. The molecule has 0 saturated heterocycles. The topological polar surface area (TPSA) is 182 Å². The fourth-order valence-electron chi connectivity index (χ4n) is 5.64. The molecule has 0 unspecified atom stereocenters. The SMILES string of the molecule is N#Cc1ccc(Nc2ncc(-c3ccccc3Br)c(C(=NN(C(N)=O)c3ccc(Br)cc3)c3nc(Nc4ccc(C#N)cc4)ncc3-c3ccccc3Br)n2)cc1. The molecule has 4 N–H and O–H groups in total. The molecule has 7 rings (SSSR count). The highest BCUT2D eigenvalue weighted by Gasteiger charge is 2.27. The van der Waals surface area contributed by atoms with E-state index in [0.717, 1.165) is 29.6 Å². The lowest BCUT2D eigenvalue weighted by Gasteiger charge is -2.21. The molecule has 57 heavy (non-hydrogen) atoms. The van der Waals surface area contributed by atoms with Gasteiger partial charge in [-0.1, -0.05) is 84.2 Å². The number of primary amides is 1. The second-order valence-corrected chi connectivity index (χ2v) is 14.7. The number of benzene rings is 5. The highest BCUT2D eigenvalue weighted by molar-refractivity contribution is 9.11. The van der Waals surface area contributed by atoms with Crippen LogP contribution < -0.4 is 21.4 Å². The van der Waals surface area contributed by atoms with Gasteiger partial charge in [-0.3, -0.25) is 0 Å². The van der Waals surface area contributed by atoms with Crippen LogP contribution in [0.2, 0.25) is 0 Å². The fraction of sp³-hybridized carbons (Fsp3) is 0. The van der Waals surface area contributed by atoms with Gasteiger partial charge >= 0.3 is 6.03 Å². The molecular formula is C42H26Br3N11O. The highest BCUT2D eigenvalue weighted by atomic mass is 79.9. The molecular weight excluding hydrogens is 914 g/mol. The molecule has 0 aliphatic rings. The van der Waals surface area contributed by atoms with Crippen molar-refractivity contribution >= 4 is 88.5 Å². The number of urea groups is 1. The van der Waals surface area contributed by atoms with Gasteiger partial charge in [0.2, 0.25) is 11.9 Å². The predicted octanol–water partition coefficient (Wildman–Crippen LogP) is 10.5. The van der Waals surface area contributed by atoms with Crippen molar-refractivity contribution < 1.29 is 4.79 Å². The second-order valence-electron chi connectivity index (χ2n) is 12.1. The van der Waals surface area contributed by atoms with E-state index >= 15 is 0 Å². The Bertz CT molecular complexity index is 2570. The van der Waals surface area contributed by atoms with E-state index in [0.29, 0.717) is 39.3 Å². The van der Waals surface area contributed by atoms with Crippen molar-refractivity contribution in [2.75, 3.05) is 15.6 Å². The number of nitrogens with one attached hydrogen (secondary N) is 2. The molecule has 0 radical (unpaired) electrons. The Morgan fingerprint density at radius 1 is 0.614 bits per heavy atom. The van der Waals surface area contributed by atoms with Crippen LogP contribution in [0.15, 0.2) is 152 Å². The molecule has 0 aliphatic carbocycles. The van der Waals surface area contributed by atoms with Crippen LogP contribution in [0.4, 0.5) is 33.8 Å². The number of hydrogen-bond donors (Lipinski definition) is 3. The minimum Gasteiger partial charge on any atom is -0.350 e. The van der Waals surface area contributed by atoms with E-state index in [9.17, 15) is 15.3 Å². The molecule has 2 heterocycles. The molecule has 5 aromatic carbocycles. The first-order valence-electron chi connectivity index (χ1n) is 16.9. The summed E-state index contributed by atoms with van der Waals surface area (Å²) in [6, 6.07) is 39.2. The zero-order valence-corrected chi connectivity index (χ0v) is 34.2. The standard InChI is InChI=1S/C42H26Br3N11O/c43-27-13-19-30(20-14-27)56(40(48)57)55-39(37-33(31-5-1-3-7-35(31)44)23-49-41(53-37)51-28-15-9-25(21-46)10-16-28)38-34(32-6-2-4-8-36(32)45)24-50-42(54-38)52-29-17-11-26(22-47)12-18-29/h1-20,23-24H,(H2,48,57)(H,49,51,53)(H,50,52,54). The molecule has 2 aromatic heterocycles. The predicted molar refractivity (Wildman–Crippen MR) is 231 cm³/mol. The maximum absolute atomic E-state index is 13.4. The van der Waals surface area contributed by atoms with Crippen LogP contribution in [0.3, 0.4) is 0 Å². The Balaban J connectivity index is 1.53. The van der Waals surface area contributed by atoms with E-state index < -0.39 is 6.03 Å². The van der Waals surface area contributed by atoms with Crippen LogP contribution in [0.1, 0.15) is 22.5 Å². The maximum atomic E-state index is 13.4. The Morgan fingerprint density at radius 2 is 1.05 bits per heavy atom. The van der Waals surface area contributed by atoms with Gasteiger partial charge in [-0.25, -0.2) is 24.7 Å². The first-order valence-corrected chi connectivity index (χ1v) is 19.3. The van der Waals surface area contributed by atoms with Crippen LogP contribution >= 0.6 is 47.8 Å². The number of carbonyl (C=O) groups is 1. The lowest BCUT2D eigenvalue weighted by Crippen LogP contribution is -2.33. The van der Waals surface area contributed by atoms with Gasteiger partial charge in [0.05, 0.1) is 29.0 Å². The van der Waals surface area contributed by atoms with Gasteiger partial charge in [0.15, 0.2) is 0 Å². The van der Waals surface area contributed by atoms with Crippen LogP contribution in [0, 0.1) is 22.7 Å². The van der Waals surface area contributed by atoms with E-state index in [2.05, 4.69) is 80.5 Å². The summed E-state index contributed by atoms with van der Waals surface area (Å²) in [5, 5.41) is 31.3. The summed E-state index contributed by atoms with van der Waals surface area (Å²) >= 11 is 10.9. The van der Waals surface area contributed by atoms with Gasteiger partial charge in [-0.15, -0.1) is 0 Å². The number of carbonyl (C=O) groups excluding carboxylic acids is 1. The minimum absolute atomic E-state index is 0.142. The van der Waals surface area contributed by atoms with Crippen molar-refractivity contribution in [2.45, 2.75) is 0 Å². The van der Waals surface area contributed by atoms with Crippen LogP contribution in [-0.4, -0.2) is 31.7 Å². The first-order chi connectivity index (χ1) is 27.7. The van der Waals surface area contributed by atoms with Gasteiger partial charge in [0, 0.05) is 48.3 Å². The van der Waals surface area contributed by atoms with Gasteiger partial charge in [0.25, 0.3) is 0 Å². The van der Waals surface area contributed by atoms with Gasteiger partial charge in [-0.2, -0.15) is 20.6 Å². The Morgan fingerprint density at radius 3 is 1.46 bits per heavy atom. The number of hydrazone groups is 1. The summed E-state index contributed by atoms with van der Waals surface area (Å²) in [4.78, 5) is 32.9. The zero-order valence-electron chi connectivity index (χ0n) is 29.4. The number of nitrogens with two attached hydrogens (primary N) is 1. The normalized spacial score (nSPS) is 10.5. The van der Waals surface area contributed by atoms with Gasteiger partial charge in [0.1, 0.15) is 17.1 Å². The Hall–Kier alpha value is -6.78. The summed E-state index contributed by atoms with van der Waals surface area (Å²) in [5.74, 6) is 0.389. The molecule has 0 saturated carbocycles. The van der Waals surface area contributed by atoms with Gasteiger partial charge < -0.3 is 16.4 Å². The number of nitrogens with zero attached hydrogens (tertiary/aromatic N) is 8. The maximum Gasteiger partial charge on any atom is 0.340 e. The van der Waals surface area contributed by atoms with Crippen molar-refractivity contribution in [3.63, 3.8) is 0 Å². The first kappa shape index (κ1) is 38.5. The third kappa shape index (κ3) is 8.87. The molecule has 12 nitrogen and oxygen atoms in total. The van der Waals surface area contributed by atoms with Crippen molar-refractivity contribution in [2.24, 2.45) is 10.8 Å². The largest absolute Gasteiger partial charge is 0.350 e. The summed E-state index contributed by atoms with van der Waals surface area (Å²) in [6.07, 6.45) is 3.32. The zero-order chi connectivity index (χ0) is 39.9. The molecule has 0 spiro atoms. The lowest BCUT2D eigenvalue weighted by atomic mass is 9.97. The molecule has 2 amide bonds. The number of halogens is 3. The monoisotopic (exact) mass is 937 g/mol. The average Bonchev–Trinajstić information content (AvgIpc) is 3.23. The van der Waals surface area contributed by atoms with Crippen LogP contribution in [-0.2, 0) is 0 Å². The van der Waals surface area contributed by atoms with Crippen molar-refractivity contribution in [3.8, 4) is 34.4 Å². The van der Waals surface area contributed by atoms with E-state index in [-0.39, 0.29) is 29.0 Å². The van der Waals surface area contributed by atoms with E-state index in [4.69, 9.17) is 20.8 Å². The van der Waals surface area contributed by atoms with E-state index in [1.165, 1.54) is 0 Å². The van der Waals surface area contributed by atoms with Crippen LogP contribution in [0.25, 0.3) is 22.3 Å². The number of aromatic nitrogens is 4. The summed E-state index contributed by atoms with van der Waals surface area (Å²) in [6.45, 7) is 0. The lowest BCUT2D eigenvalue weighted by molar-refractivity contribution is 0.254. The van der Waals surface area contributed by atoms with Gasteiger partial charge in [-0.05, 0) is 96.1 Å². The van der Waals surface area contributed by atoms with E-state index in [1.54, 1.807) is 85.2 Å². The van der Waals surface area contributed by atoms with Crippen molar-refractivity contribution in [3.05, 3.63) is 170 Å². The Labute approximate surface area is 352 Å². The number of hydrogen-bond acceptors (Lipinski definition) is 10. The molecule has 276 valence electrons. The quantitative estimate of drug-likeness (QED) is 0.0888. The molecule has 0 aliphatic heterocycles. The smallest absolute Gasteiger partial charge is 0.340 e. The molecule has 0 atom stereocenters. The molecule has 7 aromatic rings. The Kier molecular flexibility index (Phi) is 11.7. The average molecular weight is 940 g/mol. The van der Waals surface area contributed by atoms with Crippen molar-refractivity contribution in [1.82, 2.24) is 19.9 Å². The van der Waals surface area contributed by atoms with E-state index in [1.807, 2.05) is 48.5 Å². The number of anilines is 5. The molecule has 15 heteroatoms. The number of nitriles is 2. The fourth-order valence-corrected chi connectivity index (χ4v) is 6.90. The number of amides is 2.